The van der Waals surface area contributed by atoms with Gasteiger partial charge in [0, 0.05) is 39.0 Å². The molecule has 3 heterocycles. The number of carbonyl (C=O) groups excluding carboxylic acids is 1. The number of piperazine rings is 1. The third kappa shape index (κ3) is 4.40. The molecular weight excluding hydrogens is 389 g/mol. The van der Waals surface area contributed by atoms with Crippen molar-refractivity contribution >= 4 is 11.7 Å². The summed E-state index contributed by atoms with van der Waals surface area (Å²) in [5, 5.41) is 0. The Morgan fingerprint density at radius 1 is 1.17 bits per heavy atom. The van der Waals surface area contributed by atoms with Crippen molar-refractivity contribution in [3.63, 3.8) is 0 Å². The number of methoxy groups -OCH3 is 1. The number of aryl methyl sites for hydroxylation is 1. The van der Waals surface area contributed by atoms with Crippen LogP contribution in [0.2, 0.25) is 0 Å². The van der Waals surface area contributed by atoms with E-state index in [1.165, 1.54) is 12.3 Å². The molecule has 1 fully saturated rings. The highest BCUT2D eigenvalue weighted by molar-refractivity contribution is 5.76. The molecule has 9 heteroatoms. The Morgan fingerprint density at radius 3 is 2.73 bits per heavy atom. The van der Waals surface area contributed by atoms with Crippen LogP contribution in [0, 0.1) is 5.82 Å². The first-order valence-electron chi connectivity index (χ1n) is 9.72. The smallest absolute Gasteiger partial charge is 0.233 e. The van der Waals surface area contributed by atoms with Crippen LogP contribution in [-0.2, 0) is 11.2 Å². The van der Waals surface area contributed by atoms with Gasteiger partial charge >= 0.3 is 0 Å². The molecule has 1 aliphatic heterocycles. The molecule has 1 aliphatic rings. The van der Waals surface area contributed by atoms with E-state index in [-0.39, 0.29) is 18.1 Å². The largest absolute Gasteiger partial charge is 0.480 e. The molecule has 2 aromatic heterocycles. The molecule has 0 radical (unpaired) electrons. The number of benzene rings is 1. The van der Waals surface area contributed by atoms with Crippen molar-refractivity contribution in [2.45, 2.75) is 12.8 Å². The molecule has 30 heavy (non-hydrogen) atoms. The molecule has 1 saturated heterocycles. The lowest BCUT2D eigenvalue weighted by Gasteiger charge is -2.35. The molecular formula is C21H22FN5O3. The lowest BCUT2D eigenvalue weighted by molar-refractivity contribution is -0.131. The third-order valence-corrected chi connectivity index (χ3v) is 5.01. The van der Waals surface area contributed by atoms with E-state index in [1.54, 1.807) is 37.7 Å². The van der Waals surface area contributed by atoms with Gasteiger partial charge in [-0.15, -0.1) is 0 Å². The molecule has 4 rings (SSSR count). The van der Waals surface area contributed by atoms with E-state index in [0.29, 0.717) is 55.7 Å². The van der Waals surface area contributed by atoms with E-state index in [0.717, 1.165) is 5.82 Å². The van der Waals surface area contributed by atoms with Crippen LogP contribution >= 0.6 is 0 Å². The molecule has 0 atom stereocenters. The predicted octanol–water partition coefficient (Wildman–Crippen LogP) is 2.56. The Bertz CT molecular complexity index is 1020. The zero-order valence-corrected chi connectivity index (χ0v) is 16.6. The molecule has 0 saturated carbocycles. The summed E-state index contributed by atoms with van der Waals surface area (Å²) in [5.74, 6) is 1.66. The summed E-state index contributed by atoms with van der Waals surface area (Å²) < 4.78 is 24.6. The average molecular weight is 411 g/mol. The second-order valence-corrected chi connectivity index (χ2v) is 6.89. The van der Waals surface area contributed by atoms with Gasteiger partial charge in [0.05, 0.1) is 31.3 Å². The second-order valence-electron chi connectivity index (χ2n) is 6.89. The van der Waals surface area contributed by atoms with Gasteiger partial charge in [-0.1, -0.05) is 12.1 Å². The standard InChI is InChI=1S/C21H22FN5O3/c1-29-20-14-23-13-18(25-20)26-8-10-27(11-9-26)21(28)7-6-19-24-12-17(30-19)15-4-2-3-5-16(15)22/h2-5,12-14H,6-11H2,1H3. The maximum absolute atomic E-state index is 13.9. The summed E-state index contributed by atoms with van der Waals surface area (Å²) in [6, 6.07) is 6.37. The van der Waals surface area contributed by atoms with Crippen LogP contribution in [0.1, 0.15) is 12.3 Å². The van der Waals surface area contributed by atoms with E-state index in [2.05, 4.69) is 19.9 Å². The Balaban J connectivity index is 1.29. The van der Waals surface area contributed by atoms with Crippen LogP contribution in [0.5, 0.6) is 5.88 Å². The molecule has 0 spiro atoms. The highest BCUT2D eigenvalue weighted by Gasteiger charge is 2.22. The number of halogens is 1. The maximum atomic E-state index is 13.9. The van der Waals surface area contributed by atoms with Gasteiger partial charge in [0.15, 0.2) is 17.5 Å². The van der Waals surface area contributed by atoms with Crippen LogP contribution in [-0.4, -0.2) is 59.0 Å². The number of amides is 1. The van der Waals surface area contributed by atoms with E-state index in [4.69, 9.17) is 9.15 Å². The van der Waals surface area contributed by atoms with Gasteiger partial charge in [-0.3, -0.25) is 9.78 Å². The Morgan fingerprint density at radius 2 is 1.97 bits per heavy atom. The zero-order valence-electron chi connectivity index (χ0n) is 16.6. The van der Waals surface area contributed by atoms with Crippen molar-refractivity contribution in [2.75, 3.05) is 38.2 Å². The first-order chi connectivity index (χ1) is 14.6. The fourth-order valence-corrected chi connectivity index (χ4v) is 3.36. The van der Waals surface area contributed by atoms with Gasteiger partial charge in [-0.25, -0.2) is 9.37 Å². The quantitative estimate of drug-likeness (QED) is 0.616. The maximum Gasteiger partial charge on any atom is 0.233 e. The second kappa shape index (κ2) is 8.89. The fourth-order valence-electron chi connectivity index (χ4n) is 3.36. The molecule has 3 aromatic rings. The van der Waals surface area contributed by atoms with Crippen molar-refractivity contribution in [1.82, 2.24) is 19.9 Å². The number of ether oxygens (including phenoxy) is 1. The number of hydrogen-bond donors (Lipinski definition) is 0. The Labute approximate surface area is 173 Å². The fraction of sp³-hybridized carbons (Fsp3) is 0.333. The van der Waals surface area contributed by atoms with Gasteiger partial charge < -0.3 is 19.0 Å². The van der Waals surface area contributed by atoms with Crippen LogP contribution in [0.4, 0.5) is 10.2 Å². The zero-order chi connectivity index (χ0) is 20.9. The van der Waals surface area contributed by atoms with Gasteiger partial charge in [0.2, 0.25) is 11.8 Å². The highest BCUT2D eigenvalue weighted by atomic mass is 19.1. The third-order valence-electron chi connectivity index (χ3n) is 5.01. The number of carbonyl (C=O) groups is 1. The van der Waals surface area contributed by atoms with Gasteiger partial charge in [0.25, 0.3) is 0 Å². The van der Waals surface area contributed by atoms with E-state index < -0.39 is 0 Å². The Kier molecular flexibility index (Phi) is 5.87. The molecule has 0 aliphatic carbocycles. The van der Waals surface area contributed by atoms with E-state index >= 15 is 0 Å². The lowest BCUT2D eigenvalue weighted by atomic mass is 10.2. The monoisotopic (exact) mass is 411 g/mol. The van der Waals surface area contributed by atoms with Crippen LogP contribution in [0.25, 0.3) is 11.3 Å². The van der Waals surface area contributed by atoms with Crippen molar-refractivity contribution in [3.8, 4) is 17.2 Å². The minimum atomic E-state index is -0.366. The summed E-state index contributed by atoms with van der Waals surface area (Å²) in [7, 11) is 1.55. The van der Waals surface area contributed by atoms with E-state index in [9.17, 15) is 9.18 Å². The summed E-state index contributed by atoms with van der Waals surface area (Å²) in [6.45, 7) is 2.54. The normalized spacial score (nSPS) is 14.1. The number of aromatic nitrogens is 3. The van der Waals surface area contributed by atoms with Crippen LogP contribution in [0.3, 0.4) is 0 Å². The molecule has 1 aromatic carbocycles. The molecule has 0 unspecified atom stereocenters. The summed E-state index contributed by atoms with van der Waals surface area (Å²) >= 11 is 0. The summed E-state index contributed by atoms with van der Waals surface area (Å²) in [6.07, 6.45) is 5.40. The average Bonchev–Trinajstić information content (AvgIpc) is 3.27. The molecule has 156 valence electrons. The van der Waals surface area contributed by atoms with Gasteiger partial charge in [-0.2, -0.15) is 4.98 Å². The first-order valence-corrected chi connectivity index (χ1v) is 9.72. The number of nitrogens with zero attached hydrogens (tertiary/aromatic N) is 5. The lowest BCUT2D eigenvalue weighted by Crippen LogP contribution is -2.49. The van der Waals surface area contributed by atoms with Crippen molar-refractivity contribution < 1.29 is 18.3 Å². The number of anilines is 1. The molecule has 0 N–H and O–H groups in total. The van der Waals surface area contributed by atoms with Crippen molar-refractivity contribution in [2.24, 2.45) is 0 Å². The minimum Gasteiger partial charge on any atom is -0.480 e. The number of hydrogen-bond acceptors (Lipinski definition) is 7. The number of rotatable bonds is 6. The Hall–Kier alpha value is -3.49. The van der Waals surface area contributed by atoms with Crippen LogP contribution < -0.4 is 9.64 Å². The van der Waals surface area contributed by atoms with Crippen molar-refractivity contribution in [3.05, 3.63) is 54.6 Å². The molecule has 0 bridgehead atoms. The van der Waals surface area contributed by atoms with E-state index in [1.807, 2.05) is 4.90 Å². The number of oxazole rings is 1. The summed E-state index contributed by atoms with van der Waals surface area (Å²) in [5.41, 5.74) is 0.361. The first kappa shape index (κ1) is 19.8. The topological polar surface area (TPSA) is 84.6 Å². The van der Waals surface area contributed by atoms with Crippen LogP contribution in [0.15, 0.2) is 47.3 Å². The highest BCUT2D eigenvalue weighted by Crippen LogP contribution is 2.24. The van der Waals surface area contributed by atoms with Gasteiger partial charge in [0.1, 0.15) is 5.82 Å². The predicted molar refractivity (Wildman–Crippen MR) is 108 cm³/mol. The minimum absolute atomic E-state index is 0.0389. The van der Waals surface area contributed by atoms with Gasteiger partial charge in [-0.05, 0) is 12.1 Å². The summed E-state index contributed by atoms with van der Waals surface area (Å²) in [4.78, 5) is 29.2. The SMILES string of the molecule is COc1cncc(N2CCN(C(=O)CCc3ncc(-c4ccccc4F)o3)CC2)n1. The van der Waals surface area contributed by atoms with Crippen molar-refractivity contribution in [1.29, 1.82) is 0 Å². The molecule has 1 amide bonds. The molecule has 8 nitrogen and oxygen atoms in total.